The Balaban J connectivity index is 1.55. The van der Waals surface area contributed by atoms with Crippen LogP contribution in [0.2, 0.25) is 0 Å². The Morgan fingerprint density at radius 1 is 0.973 bits per heavy atom. The summed E-state index contributed by atoms with van der Waals surface area (Å²) in [5.74, 6) is -2.79. The molecule has 2 aromatic carbocycles. The zero-order chi connectivity index (χ0) is 27.1. The molecule has 37 heavy (non-hydrogen) atoms. The van der Waals surface area contributed by atoms with Crippen molar-refractivity contribution in [1.29, 1.82) is 0 Å². The van der Waals surface area contributed by atoms with Gasteiger partial charge in [-0.2, -0.15) is 0 Å². The zero-order valence-electron chi connectivity index (χ0n) is 21.8. The van der Waals surface area contributed by atoms with Crippen LogP contribution in [0.4, 0.5) is 14.6 Å². The minimum atomic E-state index is -0.943. The maximum atomic E-state index is 13.8. The molecule has 0 radical (unpaired) electrons. The summed E-state index contributed by atoms with van der Waals surface area (Å²) < 4.78 is 39.4. The topological polar surface area (TPSA) is 99.4 Å². The van der Waals surface area contributed by atoms with Crippen molar-refractivity contribution in [1.82, 2.24) is 9.97 Å². The lowest BCUT2D eigenvalue weighted by molar-refractivity contribution is 0.00578. The van der Waals surface area contributed by atoms with Gasteiger partial charge in [0, 0.05) is 5.92 Å². The molecule has 3 N–H and O–H groups in total. The Morgan fingerprint density at radius 2 is 1.57 bits per heavy atom. The number of halogens is 2. The van der Waals surface area contributed by atoms with Crippen molar-refractivity contribution in [2.24, 2.45) is 5.73 Å². The average molecular weight is 508 g/mol. The largest absolute Gasteiger partial charge is 0.494 e. The van der Waals surface area contributed by atoms with Crippen LogP contribution in [0.25, 0.3) is 0 Å². The van der Waals surface area contributed by atoms with Gasteiger partial charge in [-0.1, -0.05) is 37.3 Å². The molecule has 0 spiro atoms. The van der Waals surface area contributed by atoms with E-state index in [0.29, 0.717) is 11.3 Å². The fourth-order valence-corrected chi connectivity index (χ4v) is 4.05. The van der Waals surface area contributed by atoms with E-state index in [0.717, 1.165) is 23.2 Å². The van der Waals surface area contributed by atoms with E-state index in [4.69, 9.17) is 15.0 Å². The third-order valence-corrected chi connectivity index (χ3v) is 7.23. The third-order valence-electron chi connectivity index (χ3n) is 7.23. The Morgan fingerprint density at radius 3 is 2.14 bits per heavy atom. The lowest BCUT2D eigenvalue weighted by Crippen LogP contribution is -2.41. The highest BCUT2D eigenvalue weighted by molar-refractivity contribution is 6.62. The number of benzene rings is 2. The summed E-state index contributed by atoms with van der Waals surface area (Å²) in [7, 11) is -0.468. The molecule has 2 atom stereocenters. The highest BCUT2D eigenvalue weighted by atomic mass is 19.2. The normalized spacial score (nSPS) is 17.9. The number of nitrogens with two attached hydrogens (primary N) is 1. The van der Waals surface area contributed by atoms with Crippen LogP contribution in [0.1, 0.15) is 80.8 Å². The molecule has 194 valence electrons. The molecular formula is C27H31BF2N4O3. The first kappa shape index (κ1) is 26.7. The van der Waals surface area contributed by atoms with Crippen molar-refractivity contribution in [3.63, 3.8) is 0 Å². The number of rotatable bonds is 7. The summed E-state index contributed by atoms with van der Waals surface area (Å²) in [5, 5.41) is 3.22. The van der Waals surface area contributed by atoms with Crippen molar-refractivity contribution < 1.29 is 22.9 Å². The molecule has 3 aromatic rings. The third kappa shape index (κ3) is 5.35. The smallest absolute Gasteiger partial charge is 0.399 e. The standard InChI is InChI=1S/C27H31BF2N4O3/c1-15(18-9-12-20(29)21(30)13-18)22-14-32-23(24(31)35)25(34-22)33-16(2)17-7-10-19(11-8-17)28-36-26(3,4)27(5,6)37-28/h7-16H,1-6H3,(H2,31,35)(H,33,34)/t15-,16+/m0/s1. The second-order valence-corrected chi connectivity index (χ2v) is 10.4. The number of anilines is 1. The first-order chi connectivity index (χ1) is 17.3. The predicted molar refractivity (Wildman–Crippen MR) is 139 cm³/mol. The molecule has 1 aliphatic heterocycles. The van der Waals surface area contributed by atoms with Crippen molar-refractivity contribution in [3.05, 3.63) is 82.8 Å². The van der Waals surface area contributed by atoms with Gasteiger partial charge >= 0.3 is 7.12 Å². The first-order valence-electron chi connectivity index (χ1n) is 12.1. The van der Waals surface area contributed by atoms with E-state index in [1.807, 2.05) is 58.9 Å². The van der Waals surface area contributed by atoms with E-state index in [1.165, 1.54) is 12.3 Å². The van der Waals surface area contributed by atoms with Crippen molar-refractivity contribution in [2.45, 2.75) is 64.7 Å². The molecule has 1 aliphatic rings. The van der Waals surface area contributed by atoms with Gasteiger partial charge in [0.1, 0.15) is 0 Å². The molecule has 4 rings (SSSR count). The number of nitrogens with zero attached hydrogens (tertiary/aromatic N) is 2. The summed E-state index contributed by atoms with van der Waals surface area (Å²) in [6, 6.07) is 11.2. The number of aromatic nitrogens is 2. The maximum absolute atomic E-state index is 13.8. The summed E-state index contributed by atoms with van der Waals surface area (Å²) in [6.07, 6.45) is 1.42. The fourth-order valence-electron chi connectivity index (χ4n) is 4.05. The van der Waals surface area contributed by atoms with Crippen LogP contribution < -0.4 is 16.5 Å². The van der Waals surface area contributed by atoms with Gasteiger partial charge in [0.05, 0.1) is 29.1 Å². The van der Waals surface area contributed by atoms with Crippen LogP contribution in [-0.2, 0) is 9.31 Å². The quantitative estimate of drug-likeness (QED) is 0.457. The second-order valence-electron chi connectivity index (χ2n) is 10.4. The Kier molecular flexibility index (Phi) is 7.09. The number of carbonyl (C=O) groups is 1. The Hall–Kier alpha value is -3.37. The van der Waals surface area contributed by atoms with Crippen LogP contribution >= 0.6 is 0 Å². The Labute approximate surface area is 215 Å². The predicted octanol–water partition coefficient (Wildman–Crippen LogP) is 4.48. The van der Waals surface area contributed by atoms with Gasteiger partial charge < -0.3 is 20.4 Å². The van der Waals surface area contributed by atoms with Crippen LogP contribution in [-0.4, -0.2) is 34.2 Å². The average Bonchev–Trinajstić information content (AvgIpc) is 3.06. The molecule has 1 amide bonds. The van der Waals surface area contributed by atoms with Crippen LogP contribution in [0.5, 0.6) is 0 Å². The van der Waals surface area contributed by atoms with Gasteiger partial charge in [-0.25, -0.2) is 18.7 Å². The molecule has 0 saturated carbocycles. The highest BCUT2D eigenvalue weighted by Crippen LogP contribution is 2.36. The molecule has 1 saturated heterocycles. The van der Waals surface area contributed by atoms with Gasteiger partial charge in [-0.05, 0) is 63.3 Å². The summed E-state index contributed by atoms with van der Waals surface area (Å²) >= 11 is 0. The highest BCUT2D eigenvalue weighted by Gasteiger charge is 2.51. The monoisotopic (exact) mass is 508 g/mol. The number of primary amides is 1. The van der Waals surface area contributed by atoms with Gasteiger partial charge in [0.25, 0.3) is 5.91 Å². The molecule has 7 nitrogen and oxygen atoms in total. The van der Waals surface area contributed by atoms with E-state index in [2.05, 4.69) is 15.3 Å². The molecule has 0 unspecified atom stereocenters. The number of carbonyl (C=O) groups excluding carboxylic acids is 1. The second kappa shape index (κ2) is 9.83. The van der Waals surface area contributed by atoms with Crippen LogP contribution in [0.3, 0.4) is 0 Å². The van der Waals surface area contributed by atoms with E-state index in [9.17, 15) is 13.6 Å². The van der Waals surface area contributed by atoms with Crippen molar-refractivity contribution >= 4 is 24.3 Å². The lowest BCUT2D eigenvalue weighted by atomic mass is 9.78. The maximum Gasteiger partial charge on any atom is 0.494 e. The molecule has 0 aliphatic carbocycles. The summed E-state index contributed by atoms with van der Waals surface area (Å²) in [5.41, 5.74) is 7.48. The Bertz CT molecular complexity index is 1300. The van der Waals surface area contributed by atoms with Crippen LogP contribution in [0, 0.1) is 11.6 Å². The molecule has 0 bridgehead atoms. The molecule has 10 heteroatoms. The van der Waals surface area contributed by atoms with Gasteiger partial charge in [0.15, 0.2) is 23.1 Å². The van der Waals surface area contributed by atoms with Crippen molar-refractivity contribution in [2.75, 3.05) is 5.32 Å². The SMILES string of the molecule is C[C@@H](c1ccc(F)c(F)c1)c1cnc(C(N)=O)c(N[C@H](C)c2ccc(B3OC(C)(C)C(C)(C)O3)cc2)n1. The fraction of sp³-hybridized carbons (Fsp3) is 0.370. The van der Waals surface area contributed by atoms with Gasteiger partial charge in [-0.15, -0.1) is 0 Å². The minimum absolute atomic E-state index is 0.0121. The number of hydrogen-bond acceptors (Lipinski definition) is 6. The number of hydrogen-bond donors (Lipinski definition) is 2. The van der Waals surface area contributed by atoms with Gasteiger partial charge in [0.2, 0.25) is 0 Å². The lowest BCUT2D eigenvalue weighted by Gasteiger charge is -2.32. The first-order valence-corrected chi connectivity index (χ1v) is 12.1. The molecular weight excluding hydrogens is 477 g/mol. The zero-order valence-corrected chi connectivity index (χ0v) is 21.8. The van der Waals surface area contributed by atoms with E-state index < -0.39 is 41.8 Å². The summed E-state index contributed by atoms with van der Waals surface area (Å²) in [6.45, 7) is 11.7. The number of nitrogens with one attached hydrogen (secondary N) is 1. The molecule has 1 aromatic heterocycles. The van der Waals surface area contributed by atoms with E-state index in [1.54, 1.807) is 6.92 Å². The van der Waals surface area contributed by atoms with Crippen molar-refractivity contribution in [3.8, 4) is 0 Å². The van der Waals surface area contributed by atoms with Crippen LogP contribution in [0.15, 0.2) is 48.7 Å². The number of amides is 1. The molecule has 1 fully saturated rings. The minimum Gasteiger partial charge on any atom is -0.399 e. The molecule has 2 heterocycles. The van der Waals surface area contributed by atoms with Gasteiger partial charge in [-0.3, -0.25) is 4.79 Å². The summed E-state index contributed by atoms with van der Waals surface area (Å²) in [4.78, 5) is 20.8. The van der Waals surface area contributed by atoms with E-state index in [-0.39, 0.29) is 17.6 Å². The van der Waals surface area contributed by atoms with E-state index >= 15 is 0 Å².